The Morgan fingerprint density at radius 2 is 1.17 bits per heavy atom. The SMILES string of the molecule is CC(C)[C@@H]1CC[C@@H](C)C[C@H]1OCC(=O)O.CC(C)[C@@H]1CC[C@@H](C)C[C@H]1OCCO.CCC.CCO. The number of ether oxygens (including phenoxy) is 2. The van der Waals surface area contributed by atoms with Crippen LogP contribution in [-0.4, -0.2) is 59.9 Å². The summed E-state index contributed by atoms with van der Waals surface area (Å²) in [5.41, 5.74) is 0. The highest BCUT2D eigenvalue weighted by atomic mass is 16.5. The summed E-state index contributed by atoms with van der Waals surface area (Å²) in [5.74, 6) is 3.09. The second-order valence-corrected chi connectivity index (χ2v) is 11.1. The van der Waals surface area contributed by atoms with Crippen LogP contribution >= 0.6 is 0 Å². The van der Waals surface area contributed by atoms with E-state index in [1.165, 1.54) is 38.5 Å². The molecule has 6 heteroatoms. The van der Waals surface area contributed by atoms with Gasteiger partial charge in [-0.1, -0.05) is 74.7 Å². The molecular weight excluding hydrogens is 444 g/mol. The Morgan fingerprint density at radius 3 is 1.49 bits per heavy atom. The van der Waals surface area contributed by atoms with Gasteiger partial charge in [-0.15, -0.1) is 0 Å². The third-order valence-electron chi connectivity index (χ3n) is 6.77. The number of hydrogen-bond acceptors (Lipinski definition) is 5. The van der Waals surface area contributed by atoms with Crippen LogP contribution in [0, 0.1) is 35.5 Å². The van der Waals surface area contributed by atoms with E-state index in [1.54, 1.807) is 6.92 Å². The van der Waals surface area contributed by atoms with Crippen molar-refractivity contribution in [2.24, 2.45) is 35.5 Å². The summed E-state index contributed by atoms with van der Waals surface area (Å²) in [6.07, 6.45) is 8.99. The number of carboxylic acids is 1. The molecule has 0 bridgehead atoms. The smallest absolute Gasteiger partial charge is 0.329 e. The molecule has 6 nitrogen and oxygen atoms in total. The lowest BCUT2D eigenvalue weighted by atomic mass is 9.75. The van der Waals surface area contributed by atoms with Gasteiger partial charge < -0.3 is 24.8 Å². The van der Waals surface area contributed by atoms with Crippen molar-refractivity contribution in [2.45, 2.75) is 119 Å². The van der Waals surface area contributed by atoms with E-state index in [9.17, 15) is 4.79 Å². The maximum Gasteiger partial charge on any atom is 0.329 e. The first kappa shape index (κ1) is 36.5. The first-order chi connectivity index (χ1) is 16.5. The molecule has 212 valence electrons. The van der Waals surface area contributed by atoms with Gasteiger partial charge in [-0.05, 0) is 68.1 Å². The third-order valence-corrected chi connectivity index (χ3v) is 6.77. The maximum atomic E-state index is 10.5. The Labute approximate surface area is 217 Å². The van der Waals surface area contributed by atoms with Crippen LogP contribution in [0.5, 0.6) is 0 Å². The van der Waals surface area contributed by atoms with Crippen LogP contribution in [0.1, 0.15) is 107 Å². The van der Waals surface area contributed by atoms with Gasteiger partial charge in [-0.3, -0.25) is 0 Å². The standard InChI is InChI=1S/C12H22O3.C12H24O2.C3H8.C2H6O/c1-8(2)10-5-4-9(3)6-11(10)15-7-12(13)14;1-9(2)11-5-4-10(3)8-12(11)14-7-6-13;1-3-2;1-2-3/h8-11H,4-7H2,1-3H3,(H,13,14);9-13H,4-8H2,1-3H3;3H2,1-2H3;3H,2H2,1H3/t9-,10+,11-;10-,11+,12-;;/m11../s1. The normalized spacial score (nSPS) is 28.1. The summed E-state index contributed by atoms with van der Waals surface area (Å²) in [7, 11) is 0. The van der Waals surface area contributed by atoms with Crippen molar-refractivity contribution in [3.8, 4) is 0 Å². The summed E-state index contributed by atoms with van der Waals surface area (Å²) in [4.78, 5) is 10.5. The largest absolute Gasteiger partial charge is 0.480 e. The Morgan fingerprint density at radius 1 is 0.800 bits per heavy atom. The number of aliphatic carboxylic acids is 1. The summed E-state index contributed by atoms with van der Waals surface area (Å²) < 4.78 is 11.2. The molecule has 0 spiro atoms. The number of aliphatic hydroxyl groups is 2. The first-order valence-corrected chi connectivity index (χ1v) is 14.1. The zero-order chi connectivity index (χ0) is 27.4. The highest BCUT2D eigenvalue weighted by Crippen LogP contribution is 2.36. The predicted octanol–water partition coefficient (Wildman–Crippen LogP) is 6.42. The van der Waals surface area contributed by atoms with E-state index in [0.29, 0.717) is 42.3 Å². The highest BCUT2D eigenvalue weighted by molar-refractivity contribution is 5.68. The molecule has 2 fully saturated rings. The van der Waals surface area contributed by atoms with Crippen molar-refractivity contribution in [3.05, 3.63) is 0 Å². The molecular formula is C29H60O6. The van der Waals surface area contributed by atoms with Gasteiger partial charge in [0.05, 0.1) is 25.4 Å². The monoisotopic (exact) mass is 504 g/mol. The van der Waals surface area contributed by atoms with Crippen LogP contribution in [0.3, 0.4) is 0 Å². The molecule has 0 aromatic carbocycles. The summed E-state index contributed by atoms with van der Waals surface area (Å²) in [6.45, 7) is 20.1. The lowest BCUT2D eigenvalue weighted by Crippen LogP contribution is -2.35. The lowest BCUT2D eigenvalue weighted by Gasteiger charge is -2.37. The summed E-state index contributed by atoms with van der Waals surface area (Å²) in [6, 6.07) is 0. The fraction of sp³-hybridized carbons (Fsp3) is 0.966. The second kappa shape index (κ2) is 22.5. The van der Waals surface area contributed by atoms with Crippen LogP contribution in [0.25, 0.3) is 0 Å². The quantitative estimate of drug-likeness (QED) is 0.353. The molecule has 0 heterocycles. The fourth-order valence-electron chi connectivity index (χ4n) is 5.00. The topological polar surface area (TPSA) is 96.2 Å². The van der Waals surface area contributed by atoms with E-state index >= 15 is 0 Å². The third kappa shape index (κ3) is 18.2. The van der Waals surface area contributed by atoms with Crippen LogP contribution in [-0.2, 0) is 14.3 Å². The van der Waals surface area contributed by atoms with E-state index in [1.807, 2.05) is 0 Å². The number of rotatable bonds is 8. The predicted molar refractivity (Wildman–Crippen MR) is 146 cm³/mol. The molecule has 0 saturated heterocycles. The van der Waals surface area contributed by atoms with Crippen molar-refractivity contribution >= 4 is 5.97 Å². The van der Waals surface area contributed by atoms with Crippen molar-refractivity contribution in [1.29, 1.82) is 0 Å². The van der Waals surface area contributed by atoms with Gasteiger partial charge in [-0.2, -0.15) is 0 Å². The van der Waals surface area contributed by atoms with Crippen LogP contribution in [0.2, 0.25) is 0 Å². The molecule has 3 N–H and O–H groups in total. The van der Waals surface area contributed by atoms with Gasteiger partial charge in [0.15, 0.2) is 0 Å². The minimum atomic E-state index is -0.865. The number of hydrogen-bond donors (Lipinski definition) is 3. The molecule has 0 radical (unpaired) electrons. The minimum Gasteiger partial charge on any atom is -0.480 e. The average Bonchev–Trinajstić information content (AvgIpc) is 2.77. The Kier molecular flexibility index (Phi) is 23.4. The zero-order valence-electron chi connectivity index (χ0n) is 24.5. The first-order valence-electron chi connectivity index (χ1n) is 14.1. The van der Waals surface area contributed by atoms with E-state index in [2.05, 4.69) is 55.4 Å². The van der Waals surface area contributed by atoms with Gasteiger partial charge in [0, 0.05) is 6.61 Å². The number of carboxylic acid groups (broad SMARTS) is 1. The zero-order valence-corrected chi connectivity index (χ0v) is 24.5. The van der Waals surface area contributed by atoms with Gasteiger partial charge in [-0.25, -0.2) is 4.79 Å². The summed E-state index contributed by atoms with van der Waals surface area (Å²) in [5, 5.41) is 24.9. The summed E-state index contributed by atoms with van der Waals surface area (Å²) >= 11 is 0. The van der Waals surface area contributed by atoms with Gasteiger partial charge >= 0.3 is 5.97 Å². The van der Waals surface area contributed by atoms with Crippen molar-refractivity contribution < 1.29 is 29.6 Å². The molecule has 0 unspecified atom stereocenters. The minimum absolute atomic E-state index is 0.143. The van der Waals surface area contributed by atoms with Gasteiger partial charge in [0.25, 0.3) is 0 Å². The molecule has 35 heavy (non-hydrogen) atoms. The average molecular weight is 505 g/mol. The molecule has 6 atom stereocenters. The lowest BCUT2D eigenvalue weighted by molar-refractivity contribution is -0.147. The fourth-order valence-corrected chi connectivity index (χ4v) is 5.00. The van der Waals surface area contributed by atoms with Crippen LogP contribution in [0.15, 0.2) is 0 Å². The van der Waals surface area contributed by atoms with E-state index in [-0.39, 0.29) is 25.9 Å². The Balaban J connectivity index is 0. The van der Waals surface area contributed by atoms with Crippen LogP contribution < -0.4 is 0 Å². The molecule has 2 rings (SSSR count). The Hall–Kier alpha value is -0.690. The molecule has 0 aliphatic heterocycles. The van der Waals surface area contributed by atoms with Gasteiger partial charge in [0.1, 0.15) is 6.61 Å². The highest BCUT2D eigenvalue weighted by Gasteiger charge is 2.32. The molecule has 2 saturated carbocycles. The maximum absolute atomic E-state index is 10.5. The van der Waals surface area contributed by atoms with Gasteiger partial charge in [0.2, 0.25) is 0 Å². The molecule has 0 aromatic rings. The second-order valence-electron chi connectivity index (χ2n) is 11.1. The van der Waals surface area contributed by atoms with Crippen LogP contribution in [0.4, 0.5) is 0 Å². The molecule has 0 amide bonds. The van der Waals surface area contributed by atoms with E-state index in [4.69, 9.17) is 24.8 Å². The van der Waals surface area contributed by atoms with Crippen molar-refractivity contribution in [2.75, 3.05) is 26.4 Å². The van der Waals surface area contributed by atoms with E-state index in [0.717, 1.165) is 12.3 Å². The molecule has 2 aliphatic rings. The van der Waals surface area contributed by atoms with Crippen molar-refractivity contribution in [3.63, 3.8) is 0 Å². The number of carbonyl (C=O) groups is 1. The van der Waals surface area contributed by atoms with E-state index < -0.39 is 5.97 Å². The van der Waals surface area contributed by atoms with Crippen molar-refractivity contribution in [1.82, 2.24) is 0 Å². The number of aliphatic hydroxyl groups excluding tert-OH is 2. The molecule has 2 aliphatic carbocycles. The Bertz CT molecular complexity index is 480. The molecule has 0 aromatic heterocycles.